The van der Waals surface area contributed by atoms with Gasteiger partial charge in [0, 0.05) is 17.8 Å². The Hall–Kier alpha value is -1.84. The number of carbonyl (C=O) groups excluding carboxylic acids is 1. The highest BCUT2D eigenvalue weighted by atomic mass is 32.1. The largest absolute Gasteiger partial charge is 0.428 e. The molecule has 1 N–H and O–H groups in total. The number of aromatic nitrogens is 1. The van der Waals surface area contributed by atoms with Gasteiger partial charge in [0.1, 0.15) is 0 Å². The van der Waals surface area contributed by atoms with E-state index in [0.717, 1.165) is 16.0 Å². The SMILES string of the molecule is O=C(Nc1nc2ccccc2s1)[C@H]1C[C@H]2C[C@H]1[C@@](F)(C(F)(F)F)C2(F)F. The Morgan fingerprint density at radius 2 is 1.88 bits per heavy atom. The van der Waals surface area contributed by atoms with Crippen LogP contribution in [0.2, 0.25) is 0 Å². The Labute approximate surface area is 147 Å². The predicted octanol–water partition coefficient (Wildman–Crippen LogP) is 4.80. The second-order valence-corrected chi connectivity index (χ2v) is 7.72. The summed E-state index contributed by atoms with van der Waals surface area (Å²) in [5.41, 5.74) is -4.10. The Balaban J connectivity index is 1.60. The summed E-state index contributed by atoms with van der Waals surface area (Å²) in [5.74, 6) is -10.8. The normalized spacial score (nSPS) is 32.9. The lowest BCUT2D eigenvalue weighted by atomic mass is 9.75. The smallest absolute Gasteiger partial charge is 0.302 e. The third kappa shape index (κ3) is 2.20. The molecule has 2 aromatic rings. The van der Waals surface area contributed by atoms with Crippen molar-refractivity contribution < 1.29 is 31.1 Å². The first kappa shape index (κ1) is 17.6. The number of halogens is 6. The van der Waals surface area contributed by atoms with Crippen LogP contribution in [-0.4, -0.2) is 28.7 Å². The Morgan fingerprint density at radius 1 is 1.19 bits per heavy atom. The molecule has 3 nitrogen and oxygen atoms in total. The highest BCUT2D eigenvalue weighted by molar-refractivity contribution is 7.22. The van der Waals surface area contributed by atoms with Crippen molar-refractivity contribution in [1.29, 1.82) is 0 Å². The molecule has 0 radical (unpaired) electrons. The molecule has 1 heterocycles. The standard InChI is InChI=1S/C16H12F6N2OS/c17-14(16(20,21)22)9-6-7(15(14,18)19)5-8(9)12(25)24-13-23-10-3-1-2-4-11(10)26-13/h1-4,7-9H,5-6H2,(H,23,24,25)/t7-,8-,9+,14-/m0/s1. The summed E-state index contributed by atoms with van der Waals surface area (Å²) in [6.45, 7) is 0. The molecule has 140 valence electrons. The van der Waals surface area contributed by atoms with E-state index in [1.807, 2.05) is 0 Å². The molecule has 2 aliphatic carbocycles. The zero-order valence-corrected chi connectivity index (χ0v) is 13.8. The van der Waals surface area contributed by atoms with Crippen LogP contribution in [0, 0.1) is 17.8 Å². The molecule has 2 aliphatic rings. The summed E-state index contributed by atoms with van der Waals surface area (Å²) in [6.07, 6.45) is -6.89. The van der Waals surface area contributed by atoms with Gasteiger partial charge in [-0.3, -0.25) is 4.79 Å². The lowest BCUT2D eigenvalue weighted by Gasteiger charge is -2.40. The molecular formula is C16H12F6N2OS. The van der Waals surface area contributed by atoms with Crippen molar-refractivity contribution in [3.8, 4) is 0 Å². The van der Waals surface area contributed by atoms with Crippen LogP contribution in [0.25, 0.3) is 10.2 Å². The number of amides is 1. The van der Waals surface area contributed by atoms with Crippen molar-refractivity contribution in [2.75, 3.05) is 5.32 Å². The molecule has 0 saturated heterocycles. The van der Waals surface area contributed by atoms with Gasteiger partial charge < -0.3 is 5.32 Å². The van der Waals surface area contributed by atoms with E-state index in [1.54, 1.807) is 24.3 Å². The number of fused-ring (bicyclic) bond motifs is 3. The van der Waals surface area contributed by atoms with Gasteiger partial charge in [0.05, 0.1) is 10.2 Å². The first-order chi connectivity index (χ1) is 12.1. The first-order valence-electron chi connectivity index (χ1n) is 7.85. The van der Waals surface area contributed by atoms with Crippen molar-refractivity contribution in [2.24, 2.45) is 17.8 Å². The molecule has 1 aromatic carbocycles. The van der Waals surface area contributed by atoms with Gasteiger partial charge in [-0.1, -0.05) is 23.5 Å². The fraction of sp³-hybridized carbons (Fsp3) is 0.500. The van der Waals surface area contributed by atoms with Crippen molar-refractivity contribution in [1.82, 2.24) is 4.98 Å². The van der Waals surface area contributed by atoms with Crippen LogP contribution in [-0.2, 0) is 4.79 Å². The van der Waals surface area contributed by atoms with Crippen molar-refractivity contribution in [3.63, 3.8) is 0 Å². The minimum atomic E-state index is -5.75. The molecule has 1 aromatic heterocycles. The van der Waals surface area contributed by atoms with E-state index >= 15 is 0 Å². The molecule has 0 aliphatic heterocycles. The quantitative estimate of drug-likeness (QED) is 0.744. The number of nitrogens with zero attached hydrogens (tertiary/aromatic N) is 1. The molecule has 4 atom stereocenters. The third-order valence-corrected chi connectivity index (χ3v) is 6.30. The highest BCUT2D eigenvalue weighted by Gasteiger charge is 2.84. The van der Waals surface area contributed by atoms with Gasteiger partial charge in [-0.15, -0.1) is 0 Å². The molecule has 4 rings (SSSR count). The molecule has 0 spiro atoms. The number of rotatable bonds is 2. The summed E-state index contributed by atoms with van der Waals surface area (Å²) in [6, 6.07) is 6.92. The highest BCUT2D eigenvalue weighted by Crippen LogP contribution is 2.68. The molecule has 0 unspecified atom stereocenters. The van der Waals surface area contributed by atoms with Crippen LogP contribution in [0.15, 0.2) is 24.3 Å². The van der Waals surface area contributed by atoms with Crippen LogP contribution in [0.4, 0.5) is 31.5 Å². The molecule has 10 heteroatoms. The average Bonchev–Trinajstić information content (AvgIpc) is 3.20. The van der Waals surface area contributed by atoms with E-state index in [9.17, 15) is 31.1 Å². The van der Waals surface area contributed by atoms with E-state index in [0.29, 0.717) is 5.52 Å². The van der Waals surface area contributed by atoms with Gasteiger partial charge in [-0.2, -0.15) is 13.2 Å². The number of benzene rings is 1. The predicted molar refractivity (Wildman–Crippen MR) is 82.8 cm³/mol. The lowest BCUT2D eigenvalue weighted by molar-refractivity contribution is -0.321. The minimum Gasteiger partial charge on any atom is -0.302 e. The van der Waals surface area contributed by atoms with Gasteiger partial charge in [-0.25, -0.2) is 18.2 Å². The maximum Gasteiger partial charge on any atom is 0.428 e. The van der Waals surface area contributed by atoms with Crippen molar-refractivity contribution >= 4 is 32.6 Å². The molecule has 2 bridgehead atoms. The molecule has 1 amide bonds. The van der Waals surface area contributed by atoms with Gasteiger partial charge >= 0.3 is 6.18 Å². The summed E-state index contributed by atoms with van der Waals surface area (Å²) in [7, 11) is 0. The number of carbonyl (C=O) groups is 1. The van der Waals surface area contributed by atoms with Crippen molar-refractivity contribution in [3.05, 3.63) is 24.3 Å². The van der Waals surface area contributed by atoms with E-state index in [4.69, 9.17) is 0 Å². The summed E-state index contributed by atoms with van der Waals surface area (Å²) in [5, 5.41) is 2.51. The zero-order valence-electron chi connectivity index (χ0n) is 13.0. The van der Waals surface area contributed by atoms with Gasteiger partial charge in [-0.05, 0) is 25.0 Å². The van der Waals surface area contributed by atoms with Gasteiger partial charge in [0.2, 0.25) is 5.91 Å². The Morgan fingerprint density at radius 3 is 2.50 bits per heavy atom. The zero-order chi connectivity index (χ0) is 18.9. The number of hydrogen-bond acceptors (Lipinski definition) is 3. The number of anilines is 1. The summed E-state index contributed by atoms with van der Waals surface area (Å²) < 4.78 is 82.5. The Kier molecular flexibility index (Phi) is 3.61. The van der Waals surface area contributed by atoms with Crippen LogP contribution >= 0.6 is 11.3 Å². The van der Waals surface area contributed by atoms with Gasteiger partial charge in [0.25, 0.3) is 11.6 Å². The van der Waals surface area contributed by atoms with Crippen LogP contribution in [0.1, 0.15) is 12.8 Å². The Bertz CT molecular complexity index is 848. The summed E-state index contributed by atoms with van der Waals surface area (Å²) in [4.78, 5) is 16.5. The van der Waals surface area contributed by atoms with Crippen molar-refractivity contribution in [2.45, 2.75) is 30.6 Å². The topological polar surface area (TPSA) is 42.0 Å². The molecule has 2 saturated carbocycles. The number of hydrogen-bond donors (Lipinski definition) is 1. The van der Waals surface area contributed by atoms with E-state index < -0.39 is 54.3 Å². The maximum atomic E-state index is 14.5. The third-order valence-electron chi connectivity index (χ3n) is 5.34. The number of nitrogens with one attached hydrogen (secondary N) is 1. The molecule has 2 fully saturated rings. The number of thiazole rings is 1. The molecular weight excluding hydrogens is 382 g/mol. The fourth-order valence-corrected chi connectivity index (χ4v) is 5.00. The van der Waals surface area contributed by atoms with E-state index in [-0.39, 0.29) is 5.13 Å². The second kappa shape index (κ2) is 5.34. The van der Waals surface area contributed by atoms with Crippen LogP contribution in [0.5, 0.6) is 0 Å². The summed E-state index contributed by atoms with van der Waals surface area (Å²) >= 11 is 1.10. The van der Waals surface area contributed by atoms with Gasteiger partial charge in [0.15, 0.2) is 5.13 Å². The van der Waals surface area contributed by atoms with E-state index in [1.165, 1.54) is 0 Å². The van der Waals surface area contributed by atoms with Crippen LogP contribution < -0.4 is 5.32 Å². The van der Waals surface area contributed by atoms with E-state index in [2.05, 4.69) is 10.3 Å². The van der Waals surface area contributed by atoms with Crippen LogP contribution in [0.3, 0.4) is 0 Å². The maximum absolute atomic E-state index is 14.5. The molecule has 26 heavy (non-hydrogen) atoms. The second-order valence-electron chi connectivity index (χ2n) is 6.69. The lowest BCUT2D eigenvalue weighted by Crippen LogP contribution is -2.61. The average molecular weight is 394 g/mol. The first-order valence-corrected chi connectivity index (χ1v) is 8.67. The number of alkyl halides is 6. The monoisotopic (exact) mass is 394 g/mol. The number of para-hydroxylation sites is 1. The minimum absolute atomic E-state index is 0.141. The fourth-order valence-electron chi connectivity index (χ4n) is 4.13.